The highest BCUT2D eigenvalue weighted by molar-refractivity contribution is 5.95. The molecule has 6 heteroatoms. The molecular weight excluding hydrogens is 318 g/mol. The lowest BCUT2D eigenvalue weighted by atomic mass is 10.0. The van der Waals surface area contributed by atoms with Gasteiger partial charge in [-0.3, -0.25) is 4.79 Å². The first-order chi connectivity index (χ1) is 12.1. The Morgan fingerprint density at radius 1 is 1.04 bits per heavy atom. The summed E-state index contributed by atoms with van der Waals surface area (Å²) in [6.07, 6.45) is 1.71. The molecule has 1 N–H and O–H groups in total. The third-order valence-corrected chi connectivity index (χ3v) is 4.45. The van der Waals surface area contributed by atoms with Crippen molar-refractivity contribution in [2.75, 3.05) is 14.2 Å². The van der Waals surface area contributed by atoms with Gasteiger partial charge < -0.3 is 14.5 Å². The minimum Gasteiger partial charge on any atom is -0.497 e. The minimum atomic E-state index is -0.160. The molecule has 2 aromatic rings. The van der Waals surface area contributed by atoms with Crippen molar-refractivity contribution in [3.05, 3.63) is 58.5 Å². The summed E-state index contributed by atoms with van der Waals surface area (Å²) in [5.41, 5.74) is 3.64. The van der Waals surface area contributed by atoms with Gasteiger partial charge in [-0.05, 0) is 43.3 Å². The number of hydrogen-bond donors (Lipinski definition) is 1. The molecule has 0 bridgehead atoms. The van der Waals surface area contributed by atoms with Gasteiger partial charge in [0.05, 0.1) is 31.0 Å². The van der Waals surface area contributed by atoms with Gasteiger partial charge >= 0.3 is 0 Å². The van der Waals surface area contributed by atoms with E-state index < -0.39 is 0 Å². The number of benzene rings is 2. The summed E-state index contributed by atoms with van der Waals surface area (Å²) in [5, 5.41) is 5.45. The maximum absolute atomic E-state index is 12.8. The van der Waals surface area contributed by atoms with Crippen LogP contribution < -0.4 is 15.0 Å². The molecule has 2 aliphatic rings. The van der Waals surface area contributed by atoms with Gasteiger partial charge in [0.15, 0.2) is 0 Å². The Kier molecular flexibility index (Phi) is 3.46. The second-order valence-electron chi connectivity index (χ2n) is 5.78. The van der Waals surface area contributed by atoms with Crippen LogP contribution in [0.15, 0.2) is 47.4 Å². The number of ether oxygens (including phenoxy) is 2. The van der Waals surface area contributed by atoms with E-state index in [1.165, 1.54) is 4.68 Å². The maximum atomic E-state index is 12.8. The maximum Gasteiger partial charge on any atom is 0.282 e. The van der Waals surface area contributed by atoms with Crippen LogP contribution in [0.4, 0.5) is 0 Å². The average Bonchev–Trinajstić information content (AvgIpc) is 2.99. The first kappa shape index (κ1) is 15.3. The molecule has 0 aliphatic carbocycles. The van der Waals surface area contributed by atoms with Crippen LogP contribution in [0, 0.1) is 6.92 Å². The summed E-state index contributed by atoms with van der Waals surface area (Å²) >= 11 is 0. The zero-order valence-electron chi connectivity index (χ0n) is 14.2. The number of aromatic nitrogens is 3. The molecule has 2 heterocycles. The first-order valence-corrected chi connectivity index (χ1v) is 7.86. The number of nitrogens with zero attached hydrogens (tertiary/aromatic N) is 2. The van der Waals surface area contributed by atoms with Crippen LogP contribution in [-0.4, -0.2) is 29.0 Å². The highest BCUT2D eigenvalue weighted by atomic mass is 16.5. The monoisotopic (exact) mass is 335 g/mol. The summed E-state index contributed by atoms with van der Waals surface area (Å²) < 4.78 is 11.9. The molecule has 4 rings (SSSR count). The molecule has 0 radical (unpaired) electrons. The second kappa shape index (κ2) is 5.66. The Balaban J connectivity index is 1.97. The highest BCUT2D eigenvalue weighted by Gasteiger charge is 2.20. The van der Waals surface area contributed by atoms with Crippen molar-refractivity contribution in [3.8, 4) is 28.4 Å². The second-order valence-corrected chi connectivity index (χ2v) is 5.78. The molecule has 25 heavy (non-hydrogen) atoms. The number of fused-ring (bicyclic) bond motifs is 3. The number of hydrogen-bond acceptors (Lipinski definition) is 4. The summed E-state index contributed by atoms with van der Waals surface area (Å²) in [6, 6.07) is 11.0. The van der Waals surface area contributed by atoms with Gasteiger partial charge in [-0.25, -0.2) is 0 Å². The van der Waals surface area contributed by atoms with Gasteiger partial charge in [0.25, 0.3) is 5.56 Å². The zero-order valence-corrected chi connectivity index (χ0v) is 14.2. The number of aromatic amines is 1. The summed E-state index contributed by atoms with van der Waals surface area (Å²) in [6.45, 7) is 1.97. The Hall–Kier alpha value is -3.28. The molecule has 0 saturated carbocycles. The molecule has 0 saturated heterocycles. The number of aryl methyl sites for hydroxylation is 1. The molecule has 0 atom stereocenters. The topological polar surface area (TPSA) is 69.1 Å². The number of methoxy groups -OCH3 is 2. The Morgan fingerprint density at radius 3 is 2.48 bits per heavy atom. The van der Waals surface area contributed by atoms with E-state index in [9.17, 15) is 4.79 Å². The van der Waals surface area contributed by atoms with Gasteiger partial charge in [-0.2, -0.15) is 9.78 Å². The Morgan fingerprint density at radius 2 is 1.80 bits per heavy atom. The van der Waals surface area contributed by atoms with Crippen LogP contribution in [0.25, 0.3) is 27.8 Å². The van der Waals surface area contributed by atoms with E-state index in [0.29, 0.717) is 16.9 Å². The van der Waals surface area contributed by atoms with Crippen LogP contribution in [0.1, 0.15) is 5.56 Å². The van der Waals surface area contributed by atoms with Crippen molar-refractivity contribution in [1.29, 1.82) is 0 Å². The first-order valence-electron chi connectivity index (χ1n) is 7.86. The molecule has 126 valence electrons. The quantitative estimate of drug-likeness (QED) is 0.624. The lowest BCUT2D eigenvalue weighted by Gasteiger charge is -2.09. The van der Waals surface area contributed by atoms with Crippen molar-refractivity contribution < 1.29 is 9.47 Å². The molecule has 0 spiro atoms. The van der Waals surface area contributed by atoms with E-state index >= 15 is 0 Å². The van der Waals surface area contributed by atoms with Crippen LogP contribution in [0.5, 0.6) is 11.5 Å². The fraction of sp³-hybridized carbons (Fsp3) is 0.158. The minimum absolute atomic E-state index is 0.160. The van der Waals surface area contributed by atoms with Crippen LogP contribution in [0.2, 0.25) is 0 Å². The number of nitrogens with one attached hydrogen (secondary N) is 1. The van der Waals surface area contributed by atoms with Crippen LogP contribution in [-0.2, 0) is 0 Å². The Bertz CT molecular complexity index is 1090. The van der Waals surface area contributed by atoms with E-state index in [2.05, 4.69) is 10.1 Å². The highest BCUT2D eigenvalue weighted by Crippen LogP contribution is 2.32. The molecule has 6 nitrogen and oxygen atoms in total. The van der Waals surface area contributed by atoms with Gasteiger partial charge in [-0.15, -0.1) is 0 Å². The average molecular weight is 335 g/mol. The van der Waals surface area contributed by atoms with Crippen molar-refractivity contribution in [1.82, 2.24) is 14.8 Å². The van der Waals surface area contributed by atoms with Gasteiger partial charge in [0.1, 0.15) is 17.2 Å². The lowest BCUT2D eigenvalue weighted by Crippen LogP contribution is -2.14. The van der Waals surface area contributed by atoms with Gasteiger partial charge in [0.2, 0.25) is 0 Å². The van der Waals surface area contributed by atoms with Crippen LogP contribution >= 0.6 is 0 Å². The molecule has 0 amide bonds. The summed E-state index contributed by atoms with van der Waals surface area (Å²) in [7, 11) is 3.25. The van der Waals surface area contributed by atoms with E-state index in [1.54, 1.807) is 32.5 Å². The number of rotatable bonds is 3. The summed E-state index contributed by atoms with van der Waals surface area (Å²) in [5.74, 6) is 1.52. The predicted octanol–water partition coefficient (Wildman–Crippen LogP) is 3.14. The lowest BCUT2D eigenvalue weighted by molar-refractivity contribution is 0.412. The third kappa shape index (κ3) is 2.26. The fourth-order valence-corrected chi connectivity index (χ4v) is 3.08. The van der Waals surface area contributed by atoms with E-state index in [1.807, 2.05) is 31.2 Å². The normalized spacial score (nSPS) is 11.2. The van der Waals surface area contributed by atoms with E-state index in [4.69, 9.17) is 9.47 Å². The van der Waals surface area contributed by atoms with Crippen molar-refractivity contribution in [2.45, 2.75) is 6.92 Å². The third-order valence-electron chi connectivity index (χ3n) is 4.45. The molecule has 0 aromatic heterocycles. The Labute approximate surface area is 144 Å². The standard InChI is InChI=1S/C19H17N3O3/c1-11-16(25-3)9-8-14-17(11)20-10-15-18(14)21-22(19(15)23)12-4-6-13(24-2)7-5-12/h4-10,20H,1-3H3. The molecule has 2 aliphatic heterocycles. The van der Waals surface area contributed by atoms with Gasteiger partial charge in [0, 0.05) is 17.1 Å². The molecule has 2 aromatic carbocycles. The van der Waals surface area contributed by atoms with Crippen molar-refractivity contribution in [3.63, 3.8) is 0 Å². The molecular formula is C19H17N3O3. The van der Waals surface area contributed by atoms with E-state index in [0.717, 1.165) is 28.0 Å². The van der Waals surface area contributed by atoms with E-state index in [-0.39, 0.29) is 5.56 Å². The van der Waals surface area contributed by atoms with Gasteiger partial charge in [-0.1, -0.05) is 0 Å². The SMILES string of the molecule is COc1ccc(-n2nc3c4ccc(OC)c(C)c4[nH]cc-3c2=O)cc1. The van der Waals surface area contributed by atoms with Crippen LogP contribution in [0.3, 0.4) is 0 Å². The molecule has 0 unspecified atom stereocenters. The zero-order chi connectivity index (χ0) is 17.6. The number of H-pyrrole nitrogens is 1. The van der Waals surface area contributed by atoms with Crippen molar-refractivity contribution >= 4 is 10.9 Å². The fourth-order valence-electron chi connectivity index (χ4n) is 3.08. The smallest absolute Gasteiger partial charge is 0.282 e. The van der Waals surface area contributed by atoms with Crippen molar-refractivity contribution in [2.24, 2.45) is 0 Å². The summed E-state index contributed by atoms with van der Waals surface area (Å²) in [4.78, 5) is 16.0. The predicted molar refractivity (Wildman–Crippen MR) is 96.2 cm³/mol. The number of pyridine rings is 1. The largest absolute Gasteiger partial charge is 0.497 e. The molecule has 0 fully saturated rings.